The van der Waals surface area contributed by atoms with Gasteiger partial charge in [0.05, 0.1) is 18.0 Å². The first kappa shape index (κ1) is 18.1. The van der Waals surface area contributed by atoms with Crippen LogP contribution < -0.4 is 15.4 Å². The molecule has 0 bridgehead atoms. The van der Waals surface area contributed by atoms with Crippen molar-refractivity contribution in [2.75, 3.05) is 27.9 Å². The van der Waals surface area contributed by atoms with Gasteiger partial charge in [-0.25, -0.2) is 8.42 Å². The number of hydrogen-bond acceptors (Lipinski definition) is 5. The molecule has 1 amide bonds. The maximum atomic E-state index is 12.0. The highest BCUT2D eigenvalue weighted by Gasteiger charge is 2.22. The number of carbonyl (C=O) groups is 1. The van der Waals surface area contributed by atoms with Crippen molar-refractivity contribution in [3.63, 3.8) is 0 Å². The molecule has 0 radical (unpaired) electrons. The van der Waals surface area contributed by atoms with E-state index in [0.717, 1.165) is 23.4 Å². The van der Waals surface area contributed by atoms with Gasteiger partial charge in [-0.05, 0) is 24.6 Å². The predicted octanol–water partition coefficient (Wildman–Crippen LogP) is 1.39. The van der Waals surface area contributed by atoms with Crippen LogP contribution in [-0.2, 0) is 14.8 Å². The van der Waals surface area contributed by atoms with Gasteiger partial charge < -0.3 is 5.32 Å². The Kier molecular flexibility index (Phi) is 6.33. The highest BCUT2D eigenvalue weighted by atomic mass is 35.5. The minimum absolute atomic E-state index is 0. The van der Waals surface area contributed by atoms with Crippen molar-refractivity contribution in [1.29, 1.82) is 0 Å². The molecule has 0 aromatic heterocycles. The van der Waals surface area contributed by atoms with E-state index in [1.165, 1.54) is 0 Å². The average Bonchev–Trinajstić information content (AvgIpc) is 2.85. The minimum Gasteiger partial charge on any atom is -0.325 e. The van der Waals surface area contributed by atoms with E-state index in [1.54, 1.807) is 36.9 Å². The van der Waals surface area contributed by atoms with Gasteiger partial charge in [0.15, 0.2) is 0 Å². The predicted molar refractivity (Wildman–Crippen MR) is 89.8 cm³/mol. The lowest BCUT2D eigenvalue weighted by molar-refractivity contribution is -0.117. The molecule has 1 aromatic carbocycles. The zero-order chi connectivity index (χ0) is 14.8. The van der Waals surface area contributed by atoms with E-state index >= 15 is 0 Å². The monoisotopic (exact) mass is 351 g/mol. The Balaban J connectivity index is 0.00000220. The summed E-state index contributed by atoms with van der Waals surface area (Å²) in [5, 5.41) is 5.87. The molecule has 6 nitrogen and oxygen atoms in total. The van der Waals surface area contributed by atoms with Crippen LogP contribution in [0.15, 0.2) is 18.2 Å². The molecule has 1 aromatic rings. The van der Waals surface area contributed by atoms with Crippen LogP contribution in [-0.4, -0.2) is 38.3 Å². The number of rotatable bonds is 4. The van der Waals surface area contributed by atoms with Gasteiger partial charge in [-0.3, -0.25) is 14.8 Å². The molecule has 9 heteroatoms. The van der Waals surface area contributed by atoms with E-state index in [0.29, 0.717) is 11.4 Å². The fraction of sp³-hybridized carbons (Fsp3) is 0.417. The number of aryl methyl sites for hydroxylation is 1. The van der Waals surface area contributed by atoms with E-state index in [9.17, 15) is 13.2 Å². The average molecular weight is 352 g/mol. The smallest absolute Gasteiger partial charge is 0.242 e. The summed E-state index contributed by atoms with van der Waals surface area (Å²) in [4.78, 5) is 12.0. The second kappa shape index (κ2) is 7.35. The standard InChI is InChI=1S/C12H17N3O3S2.ClH/c1-8-3-4-9(5-10(8)15-20(2,17)18)14-12(16)11-6-19-7-13-11;/h3-5,11,13,15H,6-7H2,1-2H3,(H,14,16);1H. The Morgan fingerprint density at radius 1 is 1.43 bits per heavy atom. The van der Waals surface area contributed by atoms with Crippen molar-refractivity contribution in [2.45, 2.75) is 13.0 Å². The van der Waals surface area contributed by atoms with Crippen LogP contribution in [0, 0.1) is 6.92 Å². The second-order valence-corrected chi connectivity index (χ2v) is 7.44. The lowest BCUT2D eigenvalue weighted by atomic mass is 10.2. The van der Waals surface area contributed by atoms with Crippen molar-refractivity contribution < 1.29 is 13.2 Å². The molecule has 1 atom stereocenters. The zero-order valence-corrected chi connectivity index (χ0v) is 14.1. The number of thioether (sulfide) groups is 1. The van der Waals surface area contributed by atoms with E-state index < -0.39 is 10.0 Å². The Morgan fingerprint density at radius 2 is 2.14 bits per heavy atom. The molecule has 1 unspecified atom stereocenters. The fourth-order valence-electron chi connectivity index (χ4n) is 1.80. The van der Waals surface area contributed by atoms with Crippen molar-refractivity contribution in [2.24, 2.45) is 0 Å². The molecule has 118 valence electrons. The van der Waals surface area contributed by atoms with Gasteiger partial charge in [-0.1, -0.05) is 6.07 Å². The molecule has 2 rings (SSSR count). The number of hydrogen-bond donors (Lipinski definition) is 3. The number of amides is 1. The molecule has 1 heterocycles. The van der Waals surface area contributed by atoms with Crippen LogP contribution in [0.1, 0.15) is 5.56 Å². The molecule has 21 heavy (non-hydrogen) atoms. The quantitative estimate of drug-likeness (QED) is 0.763. The SMILES string of the molecule is Cc1ccc(NC(=O)C2CSCN2)cc1NS(C)(=O)=O.Cl. The second-order valence-electron chi connectivity index (χ2n) is 4.67. The first-order valence-corrected chi connectivity index (χ1v) is 9.10. The third-order valence-electron chi connectivity index (χ3n) is 2.83. The van der Waals surface area contributed by atoms with Gasteiger partial charge in [-0.2, -0.15) is 0 Å². The number of sulfonamides is 1. The van der Waals surface area contributed by atoms with Gasteiger partial charge in [0, 0.05) is 17.3 Å². The number of nitrogens with one attached hydrogen (secondary N) is 3. The van der Waals surface area contributed by atoms with E-state index in [1.807, 2.05) is 0 Å². The third kappa shape index (κ3) is 5.39. The molecule has 1 aliphatic heterocycles. The van der Waals surface area contributed by atoms with Crippen molar-refractivity contribution in [3.05, 3.63) is 23.8 Å². The molecule has 1 aliphatic rings. The first-order chi connectivity index (χ1) is 9.35. The number of benzene rings is 1. The molecule has 3 N–H and O–H groups in total. The van der Waals surface area contributed by atoms with E-state index in [2.05, 4.69) is 15.4 Å². The Bertz CT molecular complexity index is 616. The Labute approximate surface area is 134 Å². The van der Waals surface area contributed by atoms with Gasteiger partial charge >= 0.3 is 0 Å². The summed E-state index contributed by atoms with van der Waals surface area (Å²) < 4.78 is 25.0. The highest BCUT2D eigenvalue weighted by Crippen LogP contribution is 2.22. The summed E-state index contributed by atoms with van der Waals surface area (Å²) in [5.41, 5.74) is 1.84. The van der Waals surface area contributed by atoms with Gasteiger partial charge in [-0.15, -0.1) is 24.2 Å². The lowest BCUT2D eigenvalue weighted by Crippen LogP contribution is -2.37. The largest absolute Gasteiger partial charge is 0.325 e. The normalized spacial score (nSPS) is 17.9. The summed E-state index contributed by atoms with van der Waals surface area (Å²) in [6.45, 7) is 1.80. The summed E-state index contributed by atoms with van der Waals surface area (Å²) in [6, 6.07) is 4.94. The molecule has 0 spiro atoms. The summed E-state index contributed by atoms with van der Waals surface area (Å²) in [7, 11) is -3.34. The molecule has 1 saturated heterocycles. The van der Waals surface area contributed by atoms with Gasteiger partial charge in [0.1, 0.15) is 0 Å². The first-order valence-electron chi connectivity index (χ1n) is 6.05. The highest BCUT2D eigenvalue weighted by molar-refractivity contribution is 7.99. The Morgan fingerprint density at radius 3 is 2.71 bits per heavy atom. The van der Waals surface area contributed by atoms with Crippen molar-refractivity contribution >= 4 is 51.5 Å². The van der Waals surface area contributed by atoms with Crippen LogP contribution in [0.4, 0.5) is 11.4 Å². The van der Waals surface area contributed by atoms with Crippen LogP contribution >= 0.6 is 24.2 Å². The molecular weight excluding hydrogens is 334 g/mol. The van der Waals surface area contributed by atoms with Crippen LogP contribution in [0.5, 0.6) is 0 Å². The maximum absolute atomic E-state index is 12.0. The topological polar surface area (TPSA) is 87.3 Å². The Hall–Kier alpha value is -0.960. The number of anilines is 2. The van der Waals surface area contributed by atoms with Crippen molar-refractivity contribution in [1.82, 2.24) is 5.32 Å². The summed E-state index contributed by atoms with van der Waals surface area (Å²) in [5.74, 6) is 1.41. The van der Waals surface area contributed by atoms with E-state index in [-0.39, 0.29) is 24.4 Å². The van der Waals surface area contributed by atoms with Gasteiger partial charge in [0.25, 0.3) is 0 Å². The lowest BCUT2D eigenvalue weighted by Gasteiger charge is -2.13. The minimum atomic E-state index is -3.34. The summed E-state index contributed by atoms with van der Waals surface area (Å²) >= 11 is 1.67. The third-order valence-corrected chi connectivity index (χ3v) is 4.36. The van der Waals surface area contributed by atoms with Crippen LogP contribution in [0.3, 0.4) is 0 Å². The maximum Gasteiger partial charge on any atom is 0.242 e. The molecule has 0 saturated carbocycles. The van der Waals surface area contributed by atoms with Crippen LogP contribution in [0.2, 0.25) is 0 Å². The molecule has 1 fully saturated rings. The van der Waals surface area contributed by atoms with Crippen LogP contribution in [0.25, 0.3) is 0 Å². The number of carbonyl (C=O) groups excluding carboxylic acids is 1. The number of halogens is 1. The zero-order valence-electron chi connectivity index (χ0n) is 11.7. The fourth-order valence-corrected chi connectivity index (χ4v) is 3.36. The van der Waals surface area contributed by atoms with Gasteiger partial charge in [0.2, 0.25) is 15.9 Å². The molecule has 0 aliphatic carbocycles. The van der Waals surface area contributed by atoms with Crippen molar-refractivity contribution in [3.8, 4) is 0 Å². The van der Waals surface area contributed by atoms with E-state index in [4.69, 9.17) is 0 Å². The summed E-state index contributed by atoms with van der Waals surface area (Å²) in [6.07, 6.45) is 1.09. The molecular formula is C12H18ClN3O3S2.